The molecule has 3 aromatic rings. The fourth-order valence-corrected chi connectivity index (χ4v) is 3.22. The van der Waals surface area contributed by atoms with Crippen molar-refractivity contribution in [1.29, 1.82) is 0 Å². The number of nitrogens with zero attached hydrogens (tertiary/aromatic N) is 1. The van der Waals surface area contributed by atoms with Crippen LogP contribution in [-0.2, 0) is 16.1 Å². The molecule has 5 nitrogen and oxygen atoms in total. The van der Waals surface area contributed by atoms with Gasteiger partial charge < -0.3 is 9.73 Å². The molecule has 1 N–H and O–H groups in total. The number of hydrogen-bond acceptors (Lipinski definition) is 4. The van der Waals surface area contributed by atoms with Gasteiger partial charge in [0.25, 0.3) is 11.8 Å². The molecular formula is C23H20N2O3. The highest BCUT2D eigenvalue weighted by molar-refractivity contribution is 6.36. The first-order valence-corrected chi connectivity index (χ1v) is 9.07. The first-order chi connectivity index (χ1) is 13.5. The molecular weight excluding hydrogens is 352 g/mol. The van der Waals surface area contributed by atoms with Crippen molar-refractivity contribution in [2.75, 3.05) is 5.32 Å². The van der Waals surface area contributed by atoms with Crippen molar-refractivity contribution >= 4 is 23.1 Å². The van der Waals surface area contributed by atoms with Gasteiger partial charge in [-0.05, 0) is 54.8 Å². The monoisotopic (exact) mass is 372 g/mol. The topological polar surface area (TPSA) is 62.6 Å². The minimum atomic E-state index is -0.363. The third kappa shape index (κ3) is 3.22. The molecule has 0 bridgehead atoms. The van der Waals surface area contributed by atoms with Gasteiger partial charge in [0.05, 0.1) is 18.4 Å². The molecule has 2 aromatic carbocycles. The van der Waals surface area contributed by atoms with E-state index in [-0.39, 0.29) is 24.1 Å². The maximum absolute atomic E-state index is 13.2. The van der Waals surface area contributed by atoms with Crippen LogP contribution in [0.3, 0.4) is 0 Å². The molecule has 0 aliphatic carbocycles. The highest BCUT2D eigenvalue weighted by Crippen LogP contribution is 2.32. The average molecular weight is 372 g/mol. The second-order valence-corrected chi connectivity index (χ2v) is 6.82. The van der Waals surface area contributed by atoms with Crippen molar-refractivity contribution in [3.8, 4) is 0 Å². The molecule has 4 rings (SSSR count). The number of aryl methyl sites for hydroxylation is 2. The summed E-state index contributed by atoms with van der Waals surface area (Å²) in [5.74, 6) is -0.135. The summed E-state index contributed by atoms with van der Waals surface area (Å²) in [5.41, 5.74) is 4.33. The number of anilines is 1. The van der Waals surface area contributed by atoms with E-state index in [2.05, 4.69) is 5.32 Å². The summed E-state index contributed by atoms with van der Waals surface area (Å²) in [6.07, 6.45) is 1.53. The maximum Gasteiger partial charge on any atom is 0.278 e. The molecule has 28 heavy (non-hydrogen) atoms. The molecule has 140 valence electrons. The van der Waals surface area contributed by atoms with Gasteiger partial charge in [0, 0.05) is 5.69 Å². The summed E-state index contributed by atoms with van der Waals surface area (Å²) in [6, 6.07) is 18.6. The van der Waals surface area contributed by atoms with Crippen molar-refractivity contribution in [1.82, 2.24) is 4.90 Å². The van der Waals surface area contributed by atoms with Crippen molar-refractivity contribution in [3.63, 3.8) is 0 Å². The lowest BCUT2D eigenvalue weighted by Gasteiger charge is -2.13. The van der Waals surface area contributed by atoms with Crippen molar-refractivity contribution in [2.45, 2.75) is 20.4 Å². The van der Waals surface area contributed by atoms with Crippen LogP contribution in [0.4, 0.5) is 5.69 Å². The summed E-state index contributed by atoms with van der Waals surface area (Å²) < 4.78 is 5.34. The Morgan fingerprint density at radius 2 is 1.68 bits per heavy atom. The third-order valence-corrected chi connectivity index (χ3v) is 4.90. The molecule has 0 saturated carbocycles. The van der Waals surface area contributed by atoms with Crippen LogP contribution in [0.1, 0.15) is 22.5 Å². The maximum atomic E-state index is 13.2. The Hall–Kier alpha value is -3.60. The molecule has 0 spiro atoms. The van der Waals surface area contributed by atoms with Crippen LogP contribution in [-0.4, -0.2) is 16.7 Å². The van der Waals surface area contributed by atoms with Gasteiger partial charge in [0.1, 0.15) is 11.5 Å². The van der Waals surface area contributed by atoms with Gasteiger partial charge in [-0.25, -0.2) is 0 Å². The number of amides is 2. The molecule has 0 radical (unpaired) electrons. The van der Waals surface area contributed by atoms with E-state index < -0.39 is 0 Å². The zero-order valence-electron chi connectivity index (χ0n) is 15.7. The summed E-state index contributed by atoms with van der Waals surface area (Å²) in [5, 5.41) is 3.15. The number of rotatable bonds is 5. The number of carbonyl (C=O) groups is 2. The lowest BCUT2D eigenvalue weighted by atomic mass is 9.99. The number of carbonyl (C=O) groups excluding carboxylic acids is 2. The predicted octanol–water partition coefficient (Wildman–Crippen LogP) is 4.29. The zero-order valence-corrected chi connectivity index (χ0v) is 15.7. The average Bonchev–Trinajstić information content (AvgIpc) is 3.28. The Bertz CT molecular complexity index is 1070. The molecule has 1 aliphatic heterocycles. The second kappa shape index (κ2) is 7.19. The van der Waals surface area contributed by atoms with Crippen LogP contribution >= 0.6 is 0 Å². The predicted molar refractivity (Wildman–Crippen MR) is 107 cm³/mol. The smallest absolute Gasteiger partial charge is 0.278 e. The molecule has 1 aromatic heterocycles. The number of benzene rings is 2. The lowest BCUT2D eigenvalue weighted by Crippen LogP contribution is -2.31. The Morgan fingerprint density at radius 3 is 2.36 bits per heavy atom. The fourth-order valence-electron chi connectivity index (χ4n) is 3.22. The lowest BCUT2D eigenvalue weighted by molar-refractivity contribution is -0.137. The second-order valence-electron chi connectivity index (χ2n) is 6.82. The van der Waals surface area contributed by atoms with Crippen LogP contribution in [0.2, 0.25) is 0 Å². The summed E-state index contributed by atoms with van der Waals surface area (Å²) in [4.78, 5) is 27.5. The Labute approximate surface area is 163 Å². The fraction of sp³-hybridized carbons (Fsp3) is 0.130. The van der Waals surface area contributed by atoms with Crippen molar-refractivity contribution in [3.05, 3.63) is 95.1 Å². The standard InChI is InChI=1S/C23H20N2O3/c1-15-10-11-17(13-16(15)2)20-21(24-18-7-4-3-5-8-18)23(27)25(22(20)26)14-19-9-6-12-28-19/h3-13,24H,14H2,1-2H3. The van der Waals surface area contributed by atoms with Crippen LogP contribution in [0.25, 0.3) is 5.57 Å². The number of imide groups is 1. The van der Waals surface area contributed by atoms with E-state index in [1.54, 1.807) is 12.1 Å². The van der Waals surface area contributed by atoms with E-state index in [0.717, 1.165) is 22.4 Å². The minimum Gasteiger partial charge on any atom is -0.467 e. The van der Waals surface area contributed by atoms with Crippen molar-refractivity contribution in [2.24, 2.45) is 0 Å². The normalized spacial score (nSPS) is 14.1. The van der Waals surface area contributed by atoms with Crippen LogP contribution < -0.4 is 5.32 Å². The Balaban J connectivity index is 1.78. The van der Waals surface area contributed by atoms with Crippen molar-refractivity contribution < 1.29 is 14.0 Å². The third-order valence-electron chi connectivity index (χ3n) is 4.90. The summed E-state index contributed by atoms with van der Waals surface area (Å²) in [7, 11) is 0. The number of nitrogens with one attached hydrogen (secondary N) is 1. The largest absolute Gasteiger partial charge is 0.467 e. The van der Waals surface area contributed by atoms with E-state index in [1.807, 2.05) is 62.4 Å². The zero-order chi connectivity index (χ0) is 19.7. The van der Waals surface area contributed by atoms with Gasteiger partial charge in [-0.3, -0.25) is 14.5 Å². The number of para-hydroxylation sites is 1. The number of hydrogen-bond donors (Lipinski definition) is 1. The Morgan fingerprint density at radius 1 is 0.893 bits per heavy atom. The van der Waals surface area contributed by atoms with E-state index in [1.165, 1.54) is 11.2 Å². The molecule has 0 saturated heterocycles. The first kappa shape index (κ1) is 17.8. The van der Waals surface area contributed by atoms with Gasteiger partial charge in [-0.2, -0.15) is 0 Å². The summed E-state index contributed by atoms with van der Waals surface area (Å²) >= 11 is 0. The van der Waals surface area contributed by atoms with E-state index >= 15 is 0 Å². The van der Waals surface area contributed by atoms with Crippen LogP contribution in [0.15, 0.2) is 77.0 Å². The molecule has 0 atom stereocenters. The quantitative estimate of drug-likeness (QED) is 0.679. The first-order valence-electron chi connectivity index (χ1n) is 9.07. The van der Waals surface area contributed by atoms with E-state index in [0.29, 0.717) is 11.3 Å². The van der Waals surface area contributed by atoms with Crippen LogP contribution in [0.5, 0.6) is 0 Å². The Kier molecular flexibility index (Phi) is 4.57. The van der Waals surface area contributed by atoms with E-state index in [4.69, 9.17) is 4.42 Å². The number of furan rings is 1. The van der Waals surface area contributed by atoms with Gasteiger partial charge >= 0.3 is 0 Å². The molecule has 0 unspecified atom stereocenters. The molecule has 1 aliphatic rings. The van der Waals surface area contributed by atoms with Crippen LogP contribution in [0, 0.1) is 13.8 Å². The highest BCUT2D eigenvalue weighted by Gasteiger charge is 2.39. The highest BCUT2D eigenvalue weighted by atomic mass is 16.3. The molecule has 0 fully saturated rings. The SMILES string of the molecule is Cc1ccc(C2=C(Nc3ccccc3)C(=O)N(Cc3ccco3)C2=O)cc1C. The minimum absolute atomic E-state index is 0.0962. The molecule has 2 heterocycles. The molecule has 5 heteroatoms. The van der Waals surface area contributed by atoms with E-state index in [9.17, 15) is 9.59 Å². The van der Waals surface area contributed by atoms with Gasteiger partial charge in [-0.15, -0.1) is 0 Å². The summed E-state index contributed by atoms with van der Waals surface area (Å²) in [6.45, 7) is 4.10. The molecule has 2 amide bonds. The van der Waals surface area contributed by atoms with Gasteiger partial charge in [-0.1, -0.05) is 36.4 Å². The van der Waals surface area contributed by atoms with Gasteiger partial charge in [0.2, 0.25) is 0 Å². The van der Waals surface area contributed by atoms with Gasteiger partial charge in [0.15, 0.2) is 0 Å².